The number of nitrogens with zero attached hydrogens (tertiary/aromatic N) is 1. The van der Waals surface area contributed by atoms with E-state index in [4.69, 9.17) is 5.73 Å². The highest BCUT2D eigenvalue weighted by Crippen LogP contribution is 2.25. The van der Waals surface area contributed by atoms with Crippen LogP contribution in [0.25, 0.3) is 0 Å². The van der Waals surface area contributed by atoms with Gasteiger partial charge in [0.05, 0.1) is 10.7 Å². The van der Waals surface area contributed by atoms with Gasteiger partial charge in [-0.15, -0.1) is 11.3 Å². The normalized spacial score (nSPS) is 23.3. The van der Waals surface area contributed by atoms with E-state index in [0.29, 0.717) is 18.9 Å². The van der Waals surface area contributed by atoms with Crippen LogP contribution in [0.4, 0.5) is 0 Å². The number of thiazole rings is 1. The lowest BCUT2D eigenvalue weighted by Gasteiger charge is -2.27. The third kappa shape index (κ3) is 4.58. The van der Waals surface area contributed by atoms with E-state index in [-0.39, 0.29) is 11.9 Å². The molecule has 2 atom stereocenters. The van der Waals surface area contributed by atoms with Crippen LogP contribution >= 0.6 is 11.3 Å². The van der Waals surface area contributed by atoms with Gasteiger partial charge in [-0.2, -0.15) is 0 Å². The Bertz CT molecular complexity index is 419. The van der Waals surface area contributed by atoms with E-state index in [9.17, 15) is 4.79 Å². The molecule has 1 saturated carbocycles. The highest BCUT2D eigenvalue weighted by molar-refractivity contribution is 7.09. The molecule has 1 heterocycles. The maximum Gasteiger partial charge on any atom is 0.220 e. The molecule has 0 aliphatic heterocycles. The largest absolute Gasteiger partial charge is 0.356 e. The van der Waals surface area contributed by atoms with E-state index < -0.39 is 0 Å². The van der Waals surface area contributed by atoms with Crippen molar-refractivity contribution in [1.82, 2.24) is 10.3 Å². The standard InChI is InChI=1S/C14H23N3OS/c1-10-17-12(9-19-10)6-7-16-14(18)8-11-4-2-3-5-13(11)15/h9,11,13H,2-8,15H2,1H3,(H,16,18). The fourth-order valence-electron chi connectivity index (χ4n) is 2.65. The second-order valence-electron chi connectivity index (χ2n) is 5.37. The second-order valence-corrected chi connectivity index (χ2v) is 6.43. The molecule has 0 spiro atoms. The lowest BCUT2D eigenvalue weighted by molar-refractivity contribution is -0.122. The lowest BCUT2D eigenvalue weighted by atomic mass is 9.83. The number of amides is 1. The highest BCUT2D eigenvalue weighted by atomic mass is 32.1. The summed E-state index contributed by atoms with van der Waals surface area (Å²) < 4.78 is 0. The summed E-state index contributed by atoms with van der Waals surface area (Å²) in [6.45, 7) is 2.67. The molecule has 0 aromatic carbocycles. The summed E-state index contributed by atoms with van der Waals surface area (Å²) in [5.41, 5.74) is 7.13. The number of aryl methyl sites for hydroxylation is 1. The first-order valence-electron chi connectivity index (χ1n) is 7.08. The second kappa shape index (κ2) is 7.01. The quantitative estimate of drug-likeness (QED) is 0.867. The first-order chi connectivity index (χ1) is 9.15. The predicted octanol–water partition coefficient (Wildman–Crippen LogP) is 2.02. The minimum atomic E-state index is 0.134. The number of carbonyl (C=O) groups is 1. The zero-order chi connectivity index (χ0) is 13.7. The first kappa shape index (κ1) is 14.5. The number of nitrogens with two attached hydrogens (primary N) is 1. The number of rotatable bonds is 5. The van der Waals surface area contributed by atoms with Crippen LogP contribution in [0.15, 0.2) is 5.38 Å². The Morgan fingerprint density at radius 1 is 1.53 bits per heavy atom. The Hall–Kier alpha value is -0.940. The zero-order valence-electron chi connectivity index (χ0n) is 11.5. The molecule has 3 N–H and O–H groups in total. The fraction of sp³-hybridized carbons (Fsp3) is 0.714. The maximum absolute atomic E-state index is 11.9. The first-order valence-corrected chi connectivity index (χ1v) is 7.96. The molecule has 5 heteroatoms. The summed E-state index contributed by atoms with van der Waals surface area (Å²) in [6, 6.07) is 0.209. The van der Waals surface area contributed by atoms with Crippen LogP contribution in [-0.2, 0) is 11.2 Å². The number of carbonyl (C=O) groups excluding carboxylic acids is 1. The van der Waals surface area contributed by atoms with Gasteiger partial charge in [0.15, 0.2) is 0 Å². The van der Waals surface area contributed by atoms with Gasteiger partial charge in [0.25, 0.3) is 0 Å². The van der Waals surface area contributed by atoms with Crippen LogP contribution in [0.5, 0.6) is 0 Å². The molecule has 1 amide bonds. The highest BCUT2D eigenvalue weighted by Gasteiger charge is 2.23. The molecule has 0 bridgehead atoms. The van der Waals surface area contributed by atoms with Gasteiger partial charge < -0.3 is 11.1 Å². The predicted molar refractivity (Wildman–Crippen MR) is 78.1 cm³/mol. The van der Waals surface area contributed by atoms with Crippen molar-refractivity contribution in [1.29, 1.82) is 0 Å². The van der Waals surface area contributed by atoms with E-state index in [1.165, 1.54) is 12.8 Å². The molecule has 1 aromatic rings. The Kier molecular flexibility index (Phi) is 5.34. The topological polar surface area (TPSA) is 68.0 Å². The molecule has 2 rings (SSSR count). The summed E-state index contributed by atoms with van der Waals surface area (Å²) in [7, 11) is 0. The Labute approximate surface area is 118 Å². The van der Waals surface area contributed by atoms with Crippen LogP contribution < -0.4 is 11.1 Å². The summed E-state index contributed by atoms with van der Waals surface area (Å²) in [6.07, 6.45) is 5.98. The van der Waals surface area contributed by atoms with Crippen molar-refractivity contribution < 1.29 is 4.79 Å². The van der Waals surface area contributed by atoms with Crippen molar-refractivity contribution in [3.63, 3.8) is 0 Å². The summed E-state index contributed by atoms with van der Waals surface area (Å²) in [5, 5.41) is 6.11. The van der Waals surface area contributed by atoms with Gasteiger partial charge in [0, 0.05) is 30.8 Å². The van der Waals surface area contributed by atoms with Crippen molar-refractivity contribution in [2.24, 2.45) is 11.7 Å². The van der Waals surface area contributed by atoms with Gasteiger partial charge in [0.1, 0.15) is 0 Å². The number of hydrogen-bond acceptors (Lipinski definition) is 4. The van der Waals surface area contributed by atoms with E-state index >= 15 is 0 Å². The Balaban J connectivity index is 1.66. The molecular weight excluding hydrogens is 258 g/mol. The summed E-state index contributed by atoms with van der Waals surface area (Å²) in [5.74, 6) is 0.504. The SMILES string of the molecule is Cc1nc(CCNC(=O)CC2CCCCC2N)cs1. The molecule has 4 nitrogen and oxygen atoms in total. The van der Waals surface area contributed by atoms with Crippen LogP contribution in [0.2, 0.25) is 0 Å². The molecule has 19 heavy (non-hydrogen) atoms. The molecular formula is C14H23N3OS. The van der Waals surface area contributed by atoms with Crippen molar-refractivity contribution >= 4 is 17.2 Å². The van der Waals surface area contributed by atoms with Gasteiger partial charge in [-0.05, 0) is 25.7 Å². The third-order valence-corrected chi connectivity index (χ3v) is 4.61. The fourth-order valence-corrected chi connectivity index (χ4v) is 3.30. The average Bonchev–Trinajstić information content (AvgIpc) is 2.78. The van der Waals surface area contributed by atoms with E-state index in [0.717, 1.165) is 30.0 Å². The van der Waals surface area contributed by atoms with Gasteiger partial charge in [-0.3, -0.25) is 4.79 Å². The minimum Gasteiger partial charge on any atom is -0.356 e. The number of aromatic nitrogens is 1. The van der Waals surface area contributed by atoms with Crippen molar-refractivity contribution in [2.75, 3.05) is 6.54 Å². The minimum absolute atomic E-state index is 0.134. The molecule has 0 saturated heterocycles. The molecule has 1 aromatic heterocycles. The van der Waals surface area contributed by atoms with Crippen molar-refractivity contribution in [3.05, 3.63) is 16.1 Å². The number of hydrogen-bond donors (Lipinski definition) is 2. The zero-order valence-corrected chi connectivity index (χ0v) is 12.3. The van der Waals surface area contributed by atoms with Gasteiger partial charge in [-0.1, -0.05) is 12.8 Å². The van der Waals surface area contributed by atoms with Crippen LogP contribution in [0.1, 0.15) is 42.8 Å². The van der Waals surface area contributed by atoms with E-state index in [1.807, 2.05) is 6.92 Å². The van der Waals surface area contributed by atoms with Crippen LogP contribution in [0, 0.1) is 12.8 Å². The van der Waals surface area contributed by atoms with Gasteiger partial charge in [0.2, 0.25) is 5.91 Å². The Morgan fingerprint density at radius 3 is 3.00 bits per heavy atom. The number of nitrogens with one attached hydrogen (secondary N) is 1. The molecule has 0 radical (unpaired) electrons. The molecule has 1 aliphatic rings. The van der Waals surface area contributed by atoms with Gasteiger partial charge >= 0.3 is 0 Å². The van der Waals surface area contributed by atoms with Crippen molar-refractivity contribution in [2.45, 2.75) is 51.5 Å². The van der Waals surface area contributed by atoms with Crippen LogP contribution in [-0.4, -0.2) is 23.5 Å². The third-order valence-electron chi connectivity index (χ3n) is 3.79. The molecule has 1 fully saturated rings. The van der Waals surface area contributed by atoms with E-state index in [1.54, 1.807) is 11.3 Å². The van der Waals surface area contributed by atoms with Gasteiger partial charge in [-0.25, -0.2) is 4.98 Å². The smallest absolute Gasteiger partial charge is 0.220 e. The Morgan fingerprint density at radius 2 is 2.32 bits per heavy atom. The summed E-state index contributed by atoms with van der Waals surface area (Å²) in [4.78, 5) is 16.3. The maximum atomic E-state index is 11.9. The van der Waals surface area contributed by atoms with E-state index in [2.05, 4.69) is 15.7 Å². The monoisotopic (exact) mass is 281 g/mol. The molecule has 2 unspecified atom stereocenters. The van der Waals surface area contributed by atoms with Crippen molar-refractivity contribution in [3.8, 4) is 0 Å². The molecule has 106 valence electrons. The lowest BCUT2D eigenvalue weighted by Crippen LogP contribution is -2.37. The summed E-state index contributed by atoms with van der Waals surface area (Å²) >= 11 is 1.65. The van der Waals surface area contributed by atoms with Crippen LogP contribution in [0.3, 0.4) is 0 Å². The molecule has 1 aliphatic carbocycles. The average molecular weight is 281 g/mol.